The van der Waals surface area contributed by atoms with Gasteiger partial charge < -0.3 is 30.0 Å². The van der Waals surface area contributed by atoms with Gasteiger partial charge in [0.1, 0.15) is 30.5 Å². The van der Waals surface area contributed by atoms with E-state index in [-0.39, 0.29) is 31.1 Å². The maximum Gasteiger partial charge on any atom is 0.347 e. The summed E-state index contributed by atoms with van der Waals surface area (Å²) in [5, 5.41) is 15.4. The van der Waals surface area contributed by atoms with E-state index in [0.29, 0.717) is 29.9 Å². The highest BCUT2D eigenvalue weighted by atomic mass is 19.1. The average Bonchev–Trinajstić information content (AvgIpc) is 2.82. The third-order valence-electron chi connectivity index (χ3n) is 4.69. The van der Waals surface area contributed by atoms with E-state index in [4.69, 9.17) is 19.3 Å². The number of ether oxygens (including phenoxy) is 3. The van der Waals surface area contributed by atoms with Crippen LogP contribution in [0.3, 0.4) is 0 Å². The van der Waals surface area contributed by atoms with Crippen LogP contribution in [-0.4, -0.2) is 50.9 Å². The number of hydrogen-bond acceptors (Lipinski definition) is 9. The molecule has 1 aromatic heterocycles. The molecule has 10 nitrogen and oxygen atoms in total. The van der Waals surface area contributed by atoms with Gasteiger partial charge in [-0.1, -0.05) is 12.1 Å². The lowest BCUT2D eigenvalue weighted by Gasteiger charge is -2.21. The number of nitrogens with zero attached hydrogens (tertiary/aromatic N) is 3. The highest BCUT2D eigenvalue weighted by molar-refractivity contribution is 5.76. The van der Waals surface area contributed by atoms with Crippen molar-refractivity contribution < 1.29 is 28.5 Å². The van der Waals surface area contributed by atoms with Crippen molar-refractivity contribution in [3.8, 4) is 17.5 Å². The summed E-state index contributed by atoms with van der Waals surface area (Å²) in [7, 11) is 0. The molecule has 192 valence electrons. The molecule has 0 aliphatic carbocycles. The summed E-state index contributed by atoms with van der Waals surface area (Å²) in [5.74, 6) is 0.303. The summed E-state index contributed by atoms with van der Waals surface area (Å²) >= 11 is 0. The number of aliphatic carboxylic acids is 1. The van der Waals surface area contributed by atoms with Gasteiger partial charge >= 0.3 is 12.0 Å². The van der Waals surface area contributed by atoms with E-state index < -0.39 is 11.6 Å². The molecule has 0 amide bonds. The molecule has 0 saturated heterocycles. The van der Waals surface area contributed by atoms with Crippen LogP contribution in [0.1, 0.15) is 33.3 Å². The third kappa shape index (κ3) is 8.26. The predicted molar refractivity (Wildman–Crippen MR) is 132 cm³/mol. The maximum atomic E-state index is 13.1. The Bertz CT molecular complexity index is 1140. The fraction of sp³-hybridized carbons (Fsp3) is 0.360. The van der Waals surface area contributed by atoms with E-state index in [1.165, 1.54) is 26.0 Å². The van der Waals surface area contributed by atoms with E-state index in [2.05, 4.69) is 25.6 Å². The summed E-state index contributed by atoms with van der Waals surface area (Å²) < 4.78 is 29.9. The smallest absolute Gasteiger partial charge is 0.347 e. The molecule has 11 heteroatoms. The first-order valence-electron chi connectivity index (χ1n) is 11.4. The van der Waals surface area contributed by atoms with E-state index in [1.807, 2.05) is 13.8 Å². The Labute approximate surface area is 208 Å². The van der Waals surface area contributed by atoms with Gasteiger partial charge in [0.05, 0.1) is 0 Å². The van der Waals surface area contributed by atoms with Gasteiger partial charge in [0, 0.05) is 12.6 Å². The lowest BCUT2D eigenvalue weighted by atomic mass is 10.1. The van der Waals surface area contributed by atoms with E-state index in [0.717, 1.165) is 5.56 Å². The van der Waals surface area contributed by atoms with Crippen molar-refractivity contribution in [1.29, 1.82) is 0 Å². The zero-order valence-corrected chi connectivity index (χ0v) is 20.6. The highest BCUT2D eigenvalue weighted by Gasteiger charge is 2.29. The molecule has 0 atom stereocenters. The molecule has 36 heavy (non-hydrogen) atoms. The molecule has 1 heterocycles. The molecule has 3 rings (SSSR count). The van der Waals surface area contributed by atoms with Gasteiger partial charge in [-0.05, 0) is 69.7 Å². The molecule has 0 aliphatic rings. The molecule has 0 radical (unpaired) electrons. The highest BCUT2D eigenvalue weighted by Crippen LogP contribution is 2.22. The number of halogens is 1. The van der Waals surface area contributed by atoms with Crippen molar-refractivity contribution in [1.82, 2.24) is 15.0 Å². The van der Waals surface area contributed by atoms with E-state index >= 15 is 0 Å². The minimum absolute atomic E-state index is 0.0987. The van der Waals surface area contributed by atoms with Crippen molar-refractivity contribution in [2.24, 2.45) is 0 Å². The van der Waals surface area contributed by atoms with Crippen LogP contribution in [0.5, 0.6) is 17.5 Å². The summed E-state index contributed by atoms with van der Waals surface area (Å²) in [6.45, 7) is 7.67. The fourth-order valence-corrected chi connectivity index (χ4v) is 2.84. The van der Waals surface area contributed by atoms with Crippen molar-refractivity contribution in [2.75, 3.05) is 23.8 Å². The van der Waals surface area contributed by atoms with Gasteiger partial charge in [0.2, 0.25) is 11.9 Å². The number of hydrogen-bond donors (Lipinski definition) is 3. The van der Waals surface area contributed by atoms with Crippen molar-refractivity contribution in [3.05, 3.63) is 59.9 Å². The van der Waals surface area contributed by atoms with Crippen molar-refractivity contribution in [3.63, 3.8) is 0 Å². The van der Waals surface area contributed by atoms with Crippen LogP contribution in [0.25, 0.3) is 0 Å². The second-order valence-corrected chi connectivity index (χ2v) is 8.63. The van der Waals surface area contributed by atoms with Crippen LogP contribution in [0, 0.1) is 5.82 Å². The fourth-order valence-electron chi connectivity index (χ4n) is 2.84. The minimum atomic E-state index is -1.34. The molecule has 0 bridgehead atoms. The number of rotatable bonds is 13. The predicted octanol–water partition coefficient (Wildman–Crippen LogP) is 4.14. The first kappa shape index (κ1) is 26.5. The van der Waals surface area contributed by atoms with Gasteiger partial charge in [-0.15, -0.1) is 0 Å². The molecule has 3 N–H and O–H groups in total. The summed E-state index contributed by atoms with van der Waals surface area (Å²) in [4.78, 5) is 24.1. The number of carboxylic acid groups (broad SMARTS) is 1. The van der Waals surface area contributed by atoms with Gasteiger partial charge in [0.15, 0.2) is 5.60 Å². The van der Waals surface area contributed by atoms with Gasteiger partial charge in [-0.25, -0.2) is 9.18 Å². The van der Waals surface area contributed by atoms with Crippen LogP contribution in [0.2, 0.25) is 0 Å². The average molecular weight is 500 g/mol. The van der Waals surface area contributed by atoms with Crippen molar-refractivity contribution >= 4 is 17.9 Å². The molecule has 0 spiro atoms. The Morgan fingerprint density at radius 1 is 0.944 bits per heavy atom. The Morgan fingerprint density at radius 3 is 2.19 bits per heavy atom. The second-order valence-electron chi connectivity index (χ2n) is 8.63. The van der Waals surface area contributed by atoms with Crippen LogP contribution < -0.4 is 24.8 Å². The molecular formula is C25H30FN5O5. The normalized spacial score (nSPS) is 11.2. The SMILES string of the molecule is CC(C)Nc1nc(NCc2ccc(F)cc2)nc(OCCOc2ccc(OC(C)(C)C(=O)O)cc2)n1. The van der Waals surface area contributed by atoms with Crippen LogP contribution in [0.4, 0.5) is 16.3 Å². The summed E-state index contributed by atoms with van der Waals surface area (Å²) in [6.07, 6.45) is 0. The van der Waals surface area contributed by atoms with Crippen LogP contribution >= 0.6 is 0 Å². The molecule has 0 saturated carbocycles. The van der Waals surface area contributed by atoms with E-state index in [9.17, 15) is 9.18 Å². The number of aromatic nitrogens is 3. The monoisotopic (exact) mass is 499 g/mol. The zero-order chi connectivity index (χ0) is 26.1. The van der Waals surface area contributed by atoms with Crippen molar-refractivity contribution in [2.45, 2.75) is 45.9 Å². The van der Waals surface area contributed by atoms with Gasteiger partial charge in [-0.2, -0.15) is 15.0 Å². The lowest BCUT2D eigenvalue weighted by molar-refractivity contribution is -0.152. The number of benzene rings is 2. The number of carboxylic acids is 1. The number of carbonyl (C=O) groups is 1. The minimum Gasteiger partial charge on any atom is -0.490 e. The molecule has 3 aromatic rings. The zero-order valence-electron chi connectivity index (χ0n) is 20.6. The first-order chi connectivity index (χ1) is 17.1. The van der Waals surface area contributed by atoms with E-state index in [1.54, 1.807) is 36.4 Å². The molecule has 0 fully saturated rings. The topological polar surface area (TPSA) is 128 Å². The van der Waals surface area contributed by atoms with Crippen LogP contribution in [0.15, 0.2) is 48.5 Å². The van der Waals surface area contributed by atoms with Crippen LogP contribution in [-0.2, 0) is 11.3 Å². The Morgan fingerprint density at radius 2 is 1.56 bits per heavy atom. The Balaban J connectivity index is 1.54. The first-order valence-corrected chi connectivity index (χ1v) is 11.4. The molecule has 0 unspecified atom stereocenters. The van der Waals surface area contributed by atoms with Gasteiger partial charge in [-0.3, -0.25) is 0 Å². The Kier molecular flexibility index (Phi) is 8.82. The maximum absolute atomic E-state index is 13.1. The summed E-state index contributed by atoms with van der Waals surface area (Å²) in [5.41, 5.74) is -0.467. The standard InChI is InChI=1S/C25H30FN5O5/c1-16(2)28-23-29-22(27-15-17-5-7-18(26)8-6-17)30-24(31-23)35-14-13-34-19-9-11-20(12-10-19)36-25(3,4)21(32)33/h5-12,16H,13-15H2,1-4H3,(H,32,33)(H2,27,28,29,30,31). The largest absolute Gasteiger partial charge is 0.490 e. The lowest BCUT2D eigenvalue weighted by Crippen LogP contribution is -2.37. The number of nitrogens with one attached hydrogen (secondary N) is 2. The third-order valence-corrected chi connectivity index (χ3v) is 4.69. The molecule has 2 aromatic carbocycles. The summed E-state index contributed by atoms with van der Waals surface area (Å²) in [6, 6.07) is 13.0. The van der Waals surface area contributed by atoms with Gasteiger partial charge in [0.25, 0.3) is 0 Å². The second kappa shape index (κ2) is 12.0. The quantitative estimate of drug-likeness (QED) is 0.295. The Hall–Kier alpha value is -4.15. The molecule has 0 aliphatic heterocycles. The number of anilines is 2. The molecular weight excluding hydrogens is 469 g/mol.